The van der Waals surface area contributed by atoms with E-state index < -0.39 is 23.5 Å². The van der Waals surface area contributed by atoms with E-state index in [9.17, 15) is 14.4 Å². The summed E-state index contributed by atoms with van der Waals surface area (Å²) < 4.78 is 16.0. The molecule has 8 nitrogen and oxygen atoms in total. The van der Waals surface area contributed by atoms with Crippen molar-refractivity contribution in [3.05, 3.63) is 0 Å². The fourth-order valence-corrected chi connectivity index (χ4v) is 1.80. The van der Waals surface area contributed by atoms with Gasteiger partial charge in [0.05, 0.1) is 44.7 Å². The Morgan fingerprint density at radius 3 is 2.13 bits per heavy atom. The van der Waals surface area contributed by atoms with Crippen molar-refractivity contribution in [2.75, 3.05) is 26.4 Å². The molecule has 0 amide bonds. The van der Waals surface area contributed by atoms with Gasteiger partial charge in [-0.25, -0.2) is 0 Å². The minimum atomic E-state index is -1.06. The molecule has 0 bridgehead atoms. The predicted molar refractivity (Wildman–Crippen MR) is 80.1 cm³/mol. The lowest BCUT2D eigenvalue weighted by Gasteiger charge is -2.33. The van der Waals surface area contributed by atoms with E-state index >= 15 is 0 Å². The topological polar surface area (TPSA) is 119 Å². The summed E-state index contributed by atoms with van der Waals surface area (Å²) in [6.45, 7) is 6.19. The quantitative estimate of drug-likeness (QED) is 0.382. The van der Waals surface area contributed by atoms with E-state index in [0.29, 0.717) is 6.61 Å². The molecule has 2 N–H and O–H groups in total. The van der Waals surface area contributed by atoms with Gasteiger partial charge in [0.15, 0.2) is 0 Å². The summed E-state index contributed by atoms with van der Waals surface area (Å²) in [7, 11) is 0. The van der Waals surface area contributed by atoms with Crippen LogP contribution in [-0.4, -0.2) is 60.1 Å². The van der Waals surface area contributed by atoms with E-state index in [4.69, 9.17) is 24.4 Å². The zero-order valence-electron chi connectivity index (χ0n) is 13.9. The minimum absolute atomic E-state index is 0.0124. The van der Waals surface area contributed by atoms with Crippen molar-refractivity contribution < 1.29 is 38.8 Å². The monoisotopic (exact) mass is 334 g/mol. The molecule has 1 atom stereocenters. The highest BCUT2D eigenvalue weighted by atomic mass is 16.5. The van der Waals surface area contributed by atoms with Gasteiger partial charge in [0.1, 0.15) is 0 Å². The van der Waals surface area contributed by atoms with E-state index in [2.05, 4.69) is 0 Å². The molecule has 0 saturated heterocycles. The van der Waals surface area contributed by atoms with E-state index in [0.717, 1.165) is 0 Å². The third kappa shape index (κ3) is 10.6. The maximum Gasteiger partial charge on any atom is 0.306 e. The molecule has 23 heavy (non-hydrogen) atoms. The predicted octanol–water partition coefficient (Wildman–Crippen LogP) is 1.32. The van der Waals surface area contributed by atoms with Crippen LogP contribution in [0.15, 0.2) is 0 Å². The number of ether oxygens (including phenoxy) is 3. The van der Waals surface area contributed by atoms with E-state index in [-0.39, 0.29) is 45.0 Å². The van der Waals surface area contributed by atoms with Gasteiger partial charge < -0.3 is 24.4 Å². The van der Waals surface area contributed by atoms with Crippen LogP contribution in [0.25, 0.3) is 0 Å². The molecule has 0 aromatic heterocycles. The van der Waals surface area contributed by atoms with Crippen LogP contribution < -0.4 is 0 Å². The van der Waals surface area contributed by atoms with Gasteiger partial charge in [-0.2, -0.15) is 0 Å². The Labute approximate surface area is 135 Å². The van der Waals surface area contributed by atoms with Crippen molar-refractivity contribution in [3.63, 3.8) is 0 Å². The standard InChI is InChI=1S/C15H26O8/c1-4-23-15(2,3)11(9-21-8-7-13(18)19)10-22-14(20)6-5-12(16)17/h11H,4-10H2,1-3H3,(H,16,17)(H,18,19). The van der Waals surface area contributed by atoms with Crippen LogP contribution in [0.5, 0.6) is 0 Å². The number of hydrogen-bond donors (Lipinski definition) is 2. The second-order valence-corrected chi connectivity index (χ2v) is 5.53. The summed E-state index contributed by atoms with van der Waals surface area (Å²) in [5.74, 6) is -2.92. The van der Waals surface area contributed by atoms with Crippen LogP contribution in [0.4, 0.5) is 0 Å². The molecule has 0 spiro atoms. The fraction of sp³-hybridized carbons (Fsp3) is 0.800. The third-order valence-corrected chi connectivity index (χ3v) is 3.27. The molecular formula is C15H26O8. The molecule has 134 valence electrons. The molecular weight excluding hydrogens is 308 g/mol. The zero-order chi connectivity index (χ0) is 17.9. The number of rotatable bonds is 13. The molecule has 0 fully saturated rings. The first kappa shape index (κ1) is 21.3. The highest BCUT2D eigenvalue weighted by Gasteiger charge is 2.31. The molecule has 0 aliphatic carbocycles. The van der Waals surface area contributed by atoms with Crippen molar-refractivity contribution in [2.45, 2.75) is 45.6 Å². The maximum atomic E-state index is 11.5. The third-order valence-electron chi connectivity index (χ3n) is 3.27. The Hall–Kier alpha value is -1.67. The lowest BCUT2D eigenvalue weighted by atomic mass is 9.92. The molecule has 0 rings (SSSR count). The smallest absolute Gasteiger partial charge is 0.306 e. The lowest BCUT2D eigenvalue weighted by Crippen LogP contribution is -2.41. The van der Waals surface area contributed by atoms with Crippen molar-refractivity contribution in [2.24, 2.45) is 5.92 Å². The highest BCUT2D eigenvalue weighted by Crippen LogP contribution is 2.23. The normalized spacial score (nSPS) is 12.7. The number of carbonyl (C=O) groups is 3. The highest BCUT2D eigenvalue weighted by molar-refractivity contribution is 5.76. The molecule has 0 aliphatic rings. The molecule has 0 radical (unpaired) electrons. The summed E-state index contributed by atoms with van der Waals surface area (Å²) in [5, 5.41) is 17.1. The molecule has 0 aromatic rings. The van der Waals surface area contributed by atoms with Crippen LogP contribution in [0, 0.1) is 5.92 Å². The number of carboxylic acids is 2. The number of esters is 1. The first-order chi connectivity index (χ1) is 10.7. The minimum Gasteiger partial charge on any atom is -0.481 e. The first-order valence-corrected chi connectivity index (χ1v) is 7.50. The second kappa shape index (κ2) is 11.0. The van der Waals surface area contributed by atoms with Gasteiger partial charge in [-0.15, -0.1) is 0 Å². The van der Waals surface area contributed by atoms with Crippen molar-refractivity contribution in [1.82, 2.24) is 0 Å². The van der Waals surface area contributed by atoms with Gasteiger partial charge in [-0.3, -0.25) is 14.4 Å². The fourth-order valence-electron chi connectivity index (χ4n) is 1.80. The lowest BCUT2D eigenvalue weighted by molar-refractivity contribution is -0.154. The van der Waals surface area contributed by atoms with Gasteiger partial charge in [-0.1, -0.05) is 0 Å². The summed E-state index contributed by atoms with van der Waals surface area (Å²) in [4.78, 5) is 32.4. The van der Waals surface area contributed by atoms with E-state index in [1.807, 2.05) is 20.8 Å². The first-order valence-electron chi connectivity index (χ1n) is 7.50. The number of hydrogen-bond acceptors (Lipinski definition) is 6. The van der Waals surface area contributed by atoms with Gasteiger partial charge in [0.25, 0.3) is 0 Å². The number of carboxylic acid groups (broad SMARTS) is 2. The van der Waals surface area contributed by atoms with Crippen LogP contribution in [0.2, 0.25) is 0 Å². The molecule has 0 aliphatic heterocycles. The second-order valence-electron chi connectivity index (χ2n) is 5.53. The van der Waals surface area contributed by atoms with Gasteiger partial charge in [0.2, 0.25) is 0 Å². The Morgan fingerprint density at radius 1 is 1.00 bits per heavy atom. The van der Waals surface area contributed by atoms with Crippen molar-refractivity contribution in [3.8, 4) is 0 Å². The molecule has 8 heteroatoms. The van der Waals surface area contributed by atoms with Crippen LogP contribution >= 0.6 is 0 Å². The summed E-state index contributed by atoms with van der Waals surface area (Å²) in [5.41, 5.74) is -0.634. The summed E-state index contributed by atoms with van der Waals surface area (Å²) >= 11 is 0. The number of carbonyl (C=O) groups excluding carboxylic acids is 1. The van der Waals surface area contributed by atoms with Gasteiger partial charge >= 0.3 is 17.9 Å². The van der Waals surface area contributed by atoms with E-state index in [1.54, 1.807) is 0 Å². The van der Waals surface area contributed by atoms with Crippen molar-refractivity contribution >= 4 is 17.9 Å². The van der Waals surface area contributed by atoms with Crippen LogP contribution in [0.1, 0.15) is 40.0 Å². The molecule has 1 unspecified atom stereocenters. The average molecular weight is 334 g/mol. The molecule has 0 saturated carbocycles. The SMILES string of the molecule is CCOC(C)(C)C(COCCC(=O)O)COC(=O)CCC(=O)O. The zero-order valence-corrected chi connectivity index (χ0v) is 13.9. The maximum absolute atomic E-state index is 11.5. The largest absolute Gasteiger partial charge is 0.481 e. The van der Waals surface area contributed by atoms with Gasteiger partial charge in [0, 0.05) is 12.5 Å². The average Bonchev–Trinajstić information content (AvgIpc) is 2.43. The van der Waals surface area contributed by atoms with Crippen LogP contribution in [0.3, 0.4) is 0 Å². The van der Waals surface area contributed by atoms with Gasteiger partial charge in [-0.05, 0) is 20.8 Å². The van der Waals surface area contributed by atoms with Crippen molar-refractivity contribution in [1.29, 1.82) is 0 Å². The summed E-state index contributed by atoms with van der Waals surface area (Å²) in [6, 6.07) is 0. The number of aliphatic carboxylic acids is 2. The Bertz CT molecular complexity index is 391. The Kier molecular flexibility index (Phi) is 10.2. The Morgan fingerprint density at radius 2 is 1.61 bits per heavy atom. The van der Waals surface area contributed by atoms with E-state index in [1.165, 1.54) is 0 Å². The molecule has 0 heterocycles. The van der Waals surface area contributed by atoms with Crippen LogP contribution in [-0.2, 0) is 28.6 Å². The molecule has 0 aromatic carbocycles. The summed E-state index contributed by atoms with van der Waals surface area (Å²) in [6.07, 6.45) is -0.593. The Balaban J connectivity index is 4.44.